The molecule has 0 bridgehead atoms. The summed E-state index contributed by atoms with van der Waals surface area (Å²) in [5, 5.41) is 10.7. The fraction of sp³-hybridized carbons (Fsp3) is 0.600. The molecule has 3 rings (SSSR count). The lowest BCUT2D eigenvalue weighted by molar-refractivity contribution is -0.143. The molecule has 0 amide bonds. The molecule has 5 nitrogen and oxygen atoms in total. The molecule has 0 aromatic rings. The molecule has 0 aromatic carbocycles. The quantitative estimate of drug-likeness (QED) is 0.260. The molecule has 0 radical (unpaired) electrons. The van der Waals surface area contributed by atoms with Crippen LogP contribution in [-0.4, -0.2) is 41.3 Å². The number of esters is 1. The fourth-order valence-corrected chi connectivity index (χ4v) is 3.84. The lowest BCUT2D eigenvalue weighted by Crippen LogP contribution is -2.34. The Kier molecular flexibility index (Phi) is 4.98. The van der Waals surface area contributed by atoms with Gasteiger partial charge in [-0.2, -0.15) is 0 Å². The van der Waals surface area contributed by atoms with Crippen molar-refractivity contribution < 1.29 is 24.2 Å². The number of fused-ring (bicyclic) bond motifs is 2. The van der Waals surface area contributed by atoms with Gasteiger partial charge in [0.25, 0.3) is 0 Å². The average Bonchev–Trinajstić information content (AvgIpc) is 3.20. The highest BCUT2D eigenvalue weighted by molar-refractivity contribution is 5.91. The van der Waals surface area contributed by atoms with Crippen LogP contribution >= 0.6 is 0 Å². The van der Waals surface area contributed by atoms with Crippen LogP contribution in [0, 0.1) is 5.92 Å². The average molecular weight is 346 g/mol. The zero-order chi connectivity index (χ0) is 18.2. The first-order valence-electron chi connectivity index (χ1n) is 8.92. The van der Waals surface area contributed by atoms with Gasteiger partial charge in [-0.15, -0.1) is 0 Å². The van der Waals surface area contributed by atoms with Crippen LogP contribution in [0.2, 0.25) is 0 Å². The van der Waals surface area contributed by atoms with Crippen LogP contribution in [0.1, 0.15) is 46.0 Å². The van der Waals surface area contributed by atoms with Crippen LogP contribution in [0.25, 0.3) is 0 Å². The van der Waals surface area contributed by atoms with Gasteiger partial charge in [-0.3, -0.25) is 0 Å². The molecular weight excluding hydrogens is 320 g/mol. The number of aliphatic hydroxyl groups excluding tert-OH is 1. The van der Waals surface area contributed by atoms with Crippen molar-refractivity contribution in [2.75, 3.05) is 0 Å². The fourth-order valence-electron chi connectivity index (χ4n) is 3.84. The second kappa shape index (κ2) is 6.89. The lowest BCUT2D eigenvalue weighted by atomic mass is 9.84. The van der Waals surface area contributed by atoms with Crippen molar-refractivity contribution in [3.05, 3.63) is 35.5 Å². The molecule has 0 spiro atoms. The first-order valence-corrected chi connectivity index (χ1v) is 8.92. The zero-order valence-electron chi connectivity index (χ0n) is 14.9. The molecule has 1 N–H and O–H groups in total. The summed E-state index contributed by atoms with van der Waals surface area (Å²) in [5.41, 5.74) is 1.64. The Hall–Kier alpha value is -1.72. The van der Waals surface area contributed by atoms with E-state index < -0.39 is 23.8 Å². The van der Waals surface area contributed by atoms with Crippen LogP contribution in [0.15, 0.2) is 35.5 Å². The third kappa shape index (κ3) is 3.48. The van der Waals surface area contributed by atoms with E-state index in [1.165, 1.54) is 5.57 Å². The predicted octanol–water partition coefficient (Wildman–Crippen LogP) is 2.64. The van der Waals surface area contributed by atoms with E-state index in [2.05, 4.69) is 19.6 Å². The van der Waals surface area contributed by atoms with Gasteiger partial charge in [0.15, 0.2) is 6.29 Å². The van der Waals surface area contributed by atoms with Crippen LogP contribution in [-0.2, 0) is 19.1 Å². The summed E-state index contributed by atoms with van der Waals surface area (Å²) in [6, 6.07) is 0. The van der Waals surface area contributed by atoms with Gasteiger partial charge < -0.3 is 19.4 Å². The Morgan fingerprint density at radius 2 is 2.08 bits per heavy atom. The summed E-state index contributed by atoms with van der Waals surface area (Å²) in [5.74, 6) is -0.807. The molecule has 5 atom stereocenters. The van der Waals surface area contributed by atoms with Gasteiger partial charge in [0, 0.05) is 11.5 Å². The van der Waals surface area contributed by atoms with Gasteiger partial charge >= 0.3 is 5.97 Å². The molecule has 5 heteroatoms. The zero-order valence-corrected chi connectivity index (χ0v) is 14.9. The van der Waals surface area contributed by atoms with Crippen molar-refractivity contribution in [1.29, 1.82) is 0 Å². The summed E-state index contributed by atoms with van der Waals surface area (Å²) < 4.78 is 11.1. The maximum Gasteiger partial charge on any atom is 0.334 e. The molecule has 2 fully saturated rings. The van der Waals surface area contributed by atoms with E-state index in [1.807, 2.05) is 13.0 Å². The minimum Gasteiger partial charge on any atom is -0.455 e. The largest absolute Gasteiger partial charge is 0.455 e. The van der Waals surface area contributed by atoms with Crippen molar-refractivity contribution in [2.24, 2.45) is 5.92 Å². The van der Waals surface area contributed by atoms with E-state index in [0.29, 0.717) is 18.4 Å². The molecule has 2 aliphatic heterocycles. The summed E-state index contributed by atoms with van der Waals surface area (Å²) in [6.07, 6.45) is 6.84. The smallest absolute Gasteiger partial charge is 0.334 e. The first-order chi connectivity index (χ1) is 11.9. The van der Waals surface area contributed by atoms with E-state index in [9.17, 15) is 14.7 Å². The maximum absolute atomic E-state index is 12.0. The highest BCUT2D eigenvalue weighted by Gasteiger charge is 2.58. The van der Waals surface area contributed by atoms with Crippen molar-refractivity contribution in [3.8, 4) is 0 Å². The molecule has 5 unspecified atom stereocenters. The van der Waals surface area contributed by atoms with E-state index in [-0.39, 0.29) is 12.0 Å². The minimum atomic E-state index is -0.871. The number of aldehydes is 1. The second-order valence-corrected chi connectivity index (χ2v) is 7.44. The molecule has 0 saturated carbocycles. The predicted molar refractivity (Wildman–Crippen MR) is 92.8 cm³/mol. The van der Waals surface area contributed by atoms with Crippen molar-refractivity contribution >= 4 is 12.3 Å². The number of carbonyl (C=O) groups is 2. The molecule has 2 saturated heterocycles. The number of ether oxygens (including phenoxy) is 2. The first kappa shape index (κ1) is 18.1. The van der Waals surface area contributed by atoms with E-state index >= 15 is 0 Å². The van der Waals surface area contributed by atoms with Crippen molar-refractivity contribution in [2.45, 2.75) is 69.9 Å². The van der Waals surface area contributed by atoms with Gasteiger partial charge in [-0.25, -0.2) is 4.79 Å². The van der Waals surface area contributed by atoms with Crippen molar-refractivity contribution in [3.63, 3.8) is 0 Å². The van der Waals surface area contributed by atoms with Crippen LogP contribution in [0.3, 0.4) is 0 Å². The Labute approximate surface area is 148 Å². The number of allylic oxidation sites excluding steroid dienone is 3. The highest BCUT2D eigenvalue weighted by Crippen LogP contribution is 2.46. The number of rotatable bonds is 1. The molecule has 1 aliphatic carbocycles. The SMILES string of the molecule is C=C1C(=O)OC2C(O)C(C)=CCCC(C)=CCCC3(C=O)OC3CC12. The van der Waals surface area contributed by atoms with E-state index in [4.69, 9.17) is 9.47 Å². The summed E-state index contributed by atoms with van der Waals surface area (Å²) in [4.78, 5) is 23.6. The second-order valence-electron chi connectivity index (χ2n) is 7.44. The Morgan fingerprint density at radius 1 is 1.32 bits per heavy atom. The van der Waals surface area contributed by atoms with Crippen molar-refractivity contribution in [1.82, 2.24) is 0 Å². The summed E-state index contributed by atoms with van der Waals surface area (Å²) in [7, 11) is 0. The molecule has 25 heavy (non-hydrogen) atoms. The number of carbonyl (C=O) groups excluding carboxylic acids is 2. The molecule has 3 aliphatic rings. The van der Waals surface area contributed by atoms with Gasteiger partial charge in [-0.1, -0.05) is 24.3 Å². The van der Waals surface area contributed by atoms with E-state index in [0.717, 1.165) is 31.1 Å². The third-order valence-electron chi connectivity index (χ3n) is 5.68. The molecule has 0 aromatic heterocycles. The monoisotopic (exact) mass is 346 g/mol. The van der Waals surface area contributed by atoms with Gasteiger partial charge in [0.2, 0.25) is 0 Å². The molecule has 136 valence electrons. The molecular formula is C20H26O5. The topological polar surface area (TPSA) is 76.1 Å². The normalized spacial score (nSPS) is 39.3. The minimum absolute atomic E-state index is 0.253. The number of epoxide rings is 1. The standard InChI is InChI=1S/C20H26O5/c1-12-6-4-8-13(2)17(22)18-15(14(3)19(23)24-18)10-16-20(11-21,25-16)9-5-7-12/h7-8,11,15-18,22H,3-6,9-10H2,1-2H3. The Balaban J connectivity index is 1.87. The maximum atomic E-state index is 12.0. The Morgan fingerprint density at radius 3 is 2.80 bits per heavy atom. The number of aliphatic hydroxyl groups is 1. The summed E-state index contributed by atoms with van der Waals surface area (Å²) >= 11 is 0. The Bertz CT molecular complexity index is 646. The summed E-state index contributed by atoms with van der Waals surface area (Å²) in [6.45, 7) is 7.76. The molecule has 2 heterocycles. The van der Waals surface area contributed by atoms with Crippen LogP contribution in [0.5, 0.6) is 0 Å². The number of hydrogen-bond acceptors (Lipinski definition) is 5. The number of hydrogen-bond donors (Lipinski definition) is 1. The third-order valence-corrected chi connectivity index (χ3v) is 5.68. The van der Waals surface area contributed by atoms with E-state index in [1.54, 1.807) is 0 Å². The van der Waals surface area contributed by atoms with Gasteiger partial charge in [-0.05, 0) is 51.5 Å². The van der Waals surface area contributed by atoms with Crippen LogP contribution < -0.4 is 0 Å². The van der Waals surface area contributed by atoms with Gasteiger partial charge in [0.1, 0.15) is 17.8 Å². The highest BCUT2D eigenvalue weighted by atomic mass is 16.6. The van der Waals surface area contributed by atoms with Crippen LogP contribution in [0.4, 0.5) is 0 Å². The van der Waals surface area contributed by atoms with Gasteiger partial charge in [0.05, 0.1) is 6.10 Å². The lowest BCUT2D eigenvalue weighted by Gasteiger charge is -2.23.